The van der Waals surface area contributed by atoms with Crippen molar-refractivity contribution >= 4 is 11.9 Å². The summed E-state index contributed by atoms with van der Waals surface area (Å²) in [6.45, 7) is 8.49. The number of nitrogens with one attached hydrogen (secondary N) is 3. The molecule has 0 aliphatic carbocycles. The number of carbonyl (C=O) groups is 2. The third kappa shape index (κ3) is 8.42. The Morgan fingerprint density at radius 1 is 0.551 bits per heavy atom. The lowest BCUT2D eigenvalue weighted by molar-refractivity contribution is 0.0457. The Balaban J connectivity index is 1.38. The normalized spacial score (nSPS) is 11.2. The quantitative estimate of drug-likeness (QED) is 0.0748. The van der Waals surface area contributed by atoms with Crippen molar-refractivity contribution in [2.75, 3.05) is 13.2 Å². The first-order valence-corrected chi connectivity index (χ1v) is 16.9. The number of carbonyl (C=O) groups excluding carboxylic acids is 2. The van der Waals surface area contributed by atoms with Gasteiger partial charge in [-0.25, -0.2) is 9.59 Å². The Kier molecular flexibility index (Phi) is 11.9. The molecule has 2 aromatic carbocycles. The van der Waals surface area contributed by atoms with E-state index in [0.29, 0.717) is 49.9 Å². The molecule has 0 amide bonds. The number of aliphatic hydroxyl groups is 2. The van der Waals surface area contributed by atoms with Crippen LogP contribution >= 0.6 is 0 Å². The van der Waals surface area contributed by atoms with Crippen molar-refractivity contribution in [2.24, 2.45) is 0 Å². The molecule has 0 unspecified atom stereocenters. The standard InChI is InChI=1S/C40H47N3O6/c1-25-26(2)34(22-36-32(18-12-20-45)28(4)38(43-36)40(47)49-24-30-15-9-6-10-16-30)41-33(25)21-35-31(17-11-19-44)27(3)37(42-35)39(46)48-23-29-13-7-5-8-14-29/h5-10,13-16,41-45H,11-12,17-24H2,1-4H3. The van der Waals surface area contributed by atoms with E-state index in [-0.39, 0.29) is 26.4 Å². The number of esters is 2. The van der Waals surface area contributed by atoms with Crippen molar-refractivity contribution in [1.82, 2.24) is 15.0 Å². The van der Waals surface area contributed by atoms with Gasteiger partial charge in [0.05, 0.1) is 0 Å². The van der Waals surface area contributed by atoms with E-state index in [0.717, 1.165) is 67.3 Å². The molecule has 0 saturated heterocycles. The van der Waals surface area contributed by atoms with Crippen LogP contribution in [0, 0.1) is 27.7 Å². The van der Waals surface area contributed by atoms with Gasteiger partial charge in [-0.1, -0.05) is 60.7 Å². The van der Waals surface area contributed by atoms with Gasteiger partial charge >= 0.3 is 11.9 Å². The highest BCUT2D eigenvalue weighted by atomic mass is 16.5. The number of aliphatic hydroxyl groups excluding tert-OH is 2. The van der Waals surface area contributed by atoms with Crippen LogP contribution < -0.4 is 0 Å². The number of aromatic amines is 3. The van der Waals surface area contributed by atoms with Gasteiger partial charge in [-0.05, 0) is 97.9 Å². The second kappa shape index (κ2) is 16.5. The molecule has 3 aromatic heterocycles. The van der Waals surface area contributed by atoms with E-state index in [9.17, 15) is 19.8 Å². The zero-order valence-corrected chi connectivity index (χ0v) is 28.9. The van der Waals surface area contributed by atoms with E-state index in [1.807, 2.05) is 74.5 Å². The maximum absolute atomic E-state index is 13.2. The summed E-state index contributed by atoms with van der Waals surface area (Å²) in [4.78, 5) is 36.8. The summed E-state index contributed by atoms with van der Waals surface area (Å²) >= 11 is 0. The number of hydrogen-bond donors (Lipinski definition) is 5. The van der Waals surface area contributed by atoms with Crippen LogP contribution in [0.5, 0.6) is 0 Å². The number of aromatic nitrogens is 3. The van der Waals surface area contributed by atoms with Crippen molar-refractivity contribution in [3.63, 3.8) is 0 Å². The van der Waals surface area contributed by atoms with Gasteiger partial charge in [0.2, 0.25) is 0 Å². The first-order chi connectivity index (χ1) is 23.7. The Hall–Kier alpha value is -4.86. The Bertz CT molecular complexity index is 1730. The van der Waals surface area contributed by atoms with Gasteiger partial charge in [0.15, 0.2) is 0 Å². The third-order valence-electron chi connectivity index (χ3n) is 9.42. The summed E-state index contributed by atoms with van der Waals surface area (Å²) < 4.78 is 11.3. The van der Waals surface area contributed by atoms with Crippen LogP contribution in [0.2, 0.25) is 0 Å². The molecule has 49 heavy (non-hydrogen) atoms. The van der Waals surface area contributed by atoms with Gasteiger partial charge in [-0.15, -0.1) is 0 Å². The topological polar surface area (TPSA) is 140 Å². The van der Waals surface area contributed by atoms with E-state index in [4.69, 9.17) is 9.47 Å². The van der Waals surface area contributed by atoms with Crippen LogP contribution in [0.15, 0.2) is 60.7 Å². The fourth-order valence-corrected chi connectivity index (χ4v) is 6.41. The predicted octanol–water partition coefficient (Wildman–Crippen LogP) is 6.65. The molecule has 0 radical (unpaired) electrons. The third-order valence-corrected chi connectivity index (χ3v) is 9.42. The van der Waals surface area contributed by atoms with Gasteiger partial charge in [-0.3, -0.25) is 0 Å². The van der Waals surface area contributed by atoms with E-state index in [1.165, 1.54) is 0 Å². The molecule has 9 nitrogen and oxygen atoms in total. The fourth-order valence-electron chi connectivity index (χ4n) is 6.41. The largest absolute Gasteiger partial charge is 0.456 e. The fraction of sp³-hybridized carbons (Fsp3) is 0.350. The van der Waals surface area contributed by atoms with Gasteiger partial charge in [0.1, 0.15) is 24.6 Å². The van der Waals surface area contributed by atoms with E-state index >= 15 is 0 Å². The number of hydrogen-bond acceptors (Lipinski definition) is 6. The molecule has 0 aliphatic rings. The van der Waals surface area contributed by atoms with Crippen molar-refractivity contribution in [3.05, 3.63) is 139 Å². The zero-order valence-electron chi connectivity index (χ0n) is 28.9. The average molecular weight is 666 g/mol. The molecular formula is C40H47N3O6. The van der Waals surface area contributed by atoms with Crippen LogP contribution in [0.1, 0.15) is 101 Å². The van der Waals surface area contributed by atoms with Crippen LogP contribution in [0.25, 0.3) is 0 Å². The summed E-state index contributed by atoms with van der Waals surface area (Å²) in [5, 5.41) is 19.2. The van der Waals surface area contributed by atoms with Crippen molar-refractivity contribution in [2.45, 2.75) is 79.4 Å². The van der Waals surface area contributed by atoms with Gasteiger partial charge in [-0.2, -0.15) is 0 Å². The second-order valence-electron chi connectivity index (χ2n) is 12.6. The summed E-state index contributed by atoms with van der Waals surface area (Å²) in [7, 11) is 0. The average Bonchev–Trinajstić information content (AvgIpc) is 3.70. The van der Waals surface area contributed by atoms with E-state index in [1.54, 1.807) is 0 Å². The molecule has 0 fully saturated rings. The number of H-pyrrole nitrogens is 3. The monoisotopic (exact) mass is 665 g/mol. The van der Waals surface area contributed by atoms with Crippen LogP contribution in [0.3, 0.4) is 0 Å². The Morgan fingerprint density at radius 3 is 1.31 bits per heavy atom. The lowest BCUT2D eigenvalue weighted by atomic mass is 10.00. The molecule has 5 N–H and O–H groups in total. The summed E-state index contributed by atoms with van der Waals surface area (Å²) in [5.41, 5.74) is 12.5. The molecule has 5 aromatic rings. The SMILES string of the molecule is Cc1c(Cc2[nH]c(C(=O)OCc3ccccc3)c(C)c2CCCO)[nH]c(Cc2[nH]c(C(=O)OCc3ccccc3)c(C)c2CCCO)c1C. The molecule has 5 rings (SSSR count). The smallest absolute Gasteiger partial charge is 0.355 e. The molecule has 0 bridgehead atoms. The minimum absolute atomic E-state index is 0.0542. The lowest BCUT2D eigenvalue weighted by Crippen LogP contribution is -2.07. The maximum Gasteiger partial charge on any atom is 0.355 e. The van der Waals surface area contributed by atoms with Crippen molar-refractivity contribution < 1.29 is 29.3 Å². The van der Waals surface area contributed by atoms with E-state index < -0.39 is 11.9 Å². The van der Waals surface area contributed by atoms with Crippen LogP contribution in [0.4, 0.5) is 0 Å². The molecule has 258 valence electrons. The van der Waals surface area contributed by atoms with Crippen LogP contribution in [-0.4, -0.2) is 50.3 Å². The highest BCUT2D eigenvalue weighted by Crippen LogP contribution is 2.29. The number of ether oxygens (including phenoxy) is 2. The van der Waals surface area contributed by atoms with Gasteiger partial charge < -0.3 is 34.6 Å². The van der Waals surface area contributed by atoms with Crippen molar-refractivity contribution in [3.8, 4) is 0 Å². The number of benzene rings is 2. The van der Waals surface area contributed by atoms with E-state index in [2.05, 4.69) is 28.8 Å². The first-order valence-electron chi connectivity index (χ1n) is 16.9. The zero-order chi connectivity index (χ0) is 34.9. The summed E-state index contributed by atoms with van der Waals surface area (Å²) in [5.74, 6) is -0.817. The second-order valence-corrected chi connectivity index (χ2v) is 12.6. The van der Waals surface area contributed by atoms with Gasteiger partial charge in [0, 0.05) is 48.8 Å². The molecule has 0 aliphatic heterocycles. The number of rotatable bonds is 16. The minimum Gasteiger partial charge on any atom is -0.456 e. The predicted molar refractivity (Wildman–Crippen MR) is 189 cm³/mol. The Morgan fingerprint density at radius 2 is 0.939 bits per heavy atom. The summed E-state index contributed by atoms with van der Waals surface area (Å²) in [6, 6.07) is 19.2. The maximum atomic E-state index is 13.2. The molecule has 0 spiro atoms. The van der Waals surface area contributed by atoms with Crippen LogP contribution in [-0.2, 0) is 48.4 Å². The molecule has 0 saturated carbocycles. The molecular weight excluding hydrogens is 618 g/mol. The minimum atomic E-state index is -0.409. The van der Waals surface area contributed by atoms with Crippen molar-refractivity contribution in [1.29, 1.82) is 0 Å². The lowest BCUT2D eigenvalue weighted by Gasteiger charge is -2.06. The summed E-state index contributed by atoms with van der Waals surface area (Å²) in [6.07, 6.45) is 3.50. The molecule has 3 heterocycles. The van der Waals surface area contributed by atoms with Gasteiger partial charge in [0.25, 0.3) is 0 Å². The Labute approximate surface area is 287 Å². The highest BCUT2D eigenvalue weighted by molar-refractivity contribution is 5.90. The molecule has 0 atom stereocenters. The highest BCUT2D eigenvalue weighted by Gasteiger charge is 2.24. The molecule has 9 heteroatoms. The first kappa shape index (κ1) is 35.4.